The third-order valence-corrected chi connectivity index (χ3v) is 2.54. The molecule has 0 unspecified atom stereocenters. The molecule has 2 heterocycles. The molecule has 2 aromatic heterocycles. The molecule has 0 aliphatic carbocycles. The maximum atomic E-state index is 5.82. The van der Waals surface area contributed by atoms with Crippen LogP contribution in [-0.4, -0.2) is 20.9 Å². The second-order valence-electron chi connectivity index (χ2n) is 5.06. The van der Waals surface area contributed by atoms with Crippen molar-refractivity contribution in [3.8, 4) is 17.5 Å². The van der Waals surface area contributed by atoms with E-state index >= 15 is 0 Å². The first-order valence-corrected chi connectivity index (χ1v) is 6.61. The maximum absolute atomic E-state index is 5.82. The highest BCUT2D eigenvalue weighted by atomic mass is 16.5. The van der Waals surface area contributed by atoms with E-state index in [1.807, 2.05) is 38.6 Å². The van der Waals surface area contributed by atoms with E-state index in [2.05, 4.69) is 10.1 Å². The first-order chi connectivity index (χ1) is 9.45. The smallest absolute Gasteiger partial charge is 0.240 e. The number of aromatic nitrogens is 3. The molecule has 0 atom stereocenters. The van der Waals surface area contributed by atoms with Crippen LogP contribution in [0, 0.1) is 0 Å². The van der Waals surface area contributed by atoms with E-state index < -0.39 is 0 Å². The Morgan fingerprint density at radius 3 is 2.55 bits per heavy atom. The summed E-state index contributed by atoms with van der Waals surface area (Å²) in [5.74, 6) is 1.44. The Morgan fingerprint density at radius 2 is 1.95 bits per heavy atom. The molecule has 2 rings (SSSR count). The molecule has 0 saturated carbocycles. The highest BCUT2D eigenvalue weighted by Gasteiger charge is 2.09. The Morgan fingerprint density at radius 1 is 1.20 bits per heavy atom. The third-order valence-electron chi connectivity index (χ3n) is 2.54. The van der Waals surface area contributed by atoms with Gasteiger partial charge in [0.25, 0.3) is 0 Å². The highest BCUT2D eigenvalue weighted by Crippen LogP contribution is 2.26. The molecule has 0 amide bonds. The molecule has 0 spiro atoms. The summed E-state index contributed by atoms with van der Waals surface area (Å²) in [5, 5.41) is 4.21. The first kappa shape index (κ1) is 14.2. The van der Waals surface area contributed by atoms with Gasteiger partial charge < -0.3 is 15.2 Å². The lowest BCUT2D eigenvalue weighted by molar-refractivity contribution is 0.232. The van der Waals surface area contributed by atoms with E-state index in [0.717, 1.165) is 0 Å². The van der Waals surface area contributed by atoms with Gasteiger partial charge in [0.2, 0.25) is 11.8 Å². The normalized spacial score (nSPS) is 11.1. The second kappa shape index (κ2) is 5.81. The van der Waals surface area contributed by atoms with Gasteiger partial charge in [-0.1, -0.05) is 0 Å². The van der Waals surface area contributed by atoms with Crippen molar-refractivity contribution in [2.24, 2.45) is 0 Å². The third kappa shape index (κ3) is 3.40. The number of rotatable bonds is 5. The monoisotopic (exact) mass is 276 g/mol. The van der Waals surface area contributed by atoms with Gasteiger partial charge in [0.1, 0.15) is 0 Å². The summed E-state index contributed by atoms with van der Waals surface area (Å²) in [5.41, 5.74) is 6.31. The number of hydrogen-bond donors (Lipinski definition) is 1. The molecule has 6 nitrogen and oxygen atoms in total. The van der Waals surface area contributed by atoms with Crippen LogP contribution in [0.1, 0.15) is 33.7 Å². The minimum Gasteiger partial charge on any atom is -0.473 e. The summed E-state index contributed by atoms with van der Waals surface area (Å²) >= 11 is 0. The average Bonchev–Trinajstić information content (AvgIpc) is 2.81. The van der Waals surface area contributed by atoms with Crippen molar-refractivity contribution in [1.29, 1.82) is 0 Å². The predicted molar refractivity (Wildman–Crippen MR) is 77.1 cm³/mol. The lowest BCUT2D eigenvalue weighted by atomic mass is 10.4. The van der Waals surface area contributed by atoms with Crippen LogP contribution in [0.3, 0.4) is 0 Å². The van der Waals surface area contributed by atoms with Crippen molar-refractivity contribution in [1.82, 2.24) is 14.8 Å². The average molecular weight is 276 g/mol. The van der Waals surface area contributed by atoms with Gasteiger partial charge >= 0.3 is 0 Å². The van der Waals surface area contributed by atoms with Crippen LogP contribution in [0.5, 0.6) is 17.5 Å². The summed E-state index contributed by atoms with van der Waals surface area (Å²) in [7, 11) is 0. The van der Waals surface area contributed by atoms with E-state index in [-0.39, 0.29) is 12.1 Å². The molecule has 0 saturated heterocycles. The molecule has 2 N–H and O–H groups in total. The van der Waals surface area contributed by atoms with Crippen LogP contribution in [-0.2, 0) is 0 Å². The van der Waals surface area contributed by atoms with E-state index in [9.17, 15) is 0 Å². The Balaban J connectivity index is 2.16. The minimum atomic E-state index is 0.00346. The zero-order valence-electron chi connectivity index (χ0n) is 12.2. The van der Waals surface area contributed by atoms with Gasteiger partial charge in [0.15, 0.2) is 5.75 Å². The molecule has 0 aromatic carbocycles. The zero-order valence-corrected chi connectivity index (χ0v) is 12.2. The zero-order chi connectivity index (χ0) is 14.7. The van der Waals surface area contributed by atoms with Gasteiger partial charge in [0, 0.05) is 12.1 Å². The largest absolute Gasteiger partial charge is 0.473 e. The van der Waals surface area contributed by atoms with Crippen molar-refractivity contribution in [3.63, 3.8) is 0 Å². The number of nitrogen functional groups attached to an aromatic ring is 1. The number of nitrogens with two attached hydrogens (primary N) is 1. The van der Waals surface area contributed by atoms with Gasteiger partial charge in [-0.25, -0.2) is 0 Å². The van der Waals surface area contributed by atoms with E-state index in [4.69, 9.17) is 15.2 Å². The fourth-order valence-electron chi connectivity index (χ4n) is 1.59. The minimum absolute atomic E-state index is 0.00346. The molecule has 0 aliphatic heterocycles. The Bertz CT molecular complexity index is 578. The molecule has 0 bridgehead atoms. The van der Waals surface area contributed by atoms with Crippen molar-refractivity contribution in [3.05, 3.63) is 24.5 Å². The van der Waals surface area contributed by atoms with Gasteiger partial charge in [-0.05, 0) is 33.8 Å². The van der Waals surface area contributed by atoms with Crippen LogP contribution in [0.25, 0.3) is 0 Å². The Labute approximate surface area is 118 Å². The van der Waals surface area contributed by atoms with Crippen LogP contribution in [0.15, 0.2) is 24.5 Å². The summed E-state index contributed by atoms with van der Waals surface area (Å²) in [6.45, 7) is 7.93. The highest BCUT2D eigenvalue weighted by molar-refractivity contribution is 5.49. The van der Waals surface area contributed by atoms with Crippen molar-refractivity contribution >= 4 is 5.69 Å². The van der Waals surface area contributed by atoms with Crippen molar-refractivity contribution < 1.29 is 9.47 Å². The fraction of sp³-hybridized carbons (Fsp3) is 0.429. The molecule has 2 aromatic rings. The van der Waals surface area contributed by atoms with Crippen LogP contribution >= 0.6 is 0 Å². The van der Waals surface area contributed by atoms with Crippen molar-refractivity contribution in [2.75, 3.05) is 5.73 Å². The molecular formula is C14H20N4O2. The van der Waals surface area contributed by atoms with Crippen LogP contribution in [0.2, 0.25) is 0 Å². The summed E-state index contributed by atoms with van der Waals surface area (Å²) in [6, 6.07) is 3.70. The molecule has 108 valence electrons. The van der Waals surface area contributed by atoms with Crippen LogP contribution in [0.4, 0.5) is 5.69 Å². The number of pyridine rings is 1. The predicted octanol–water partition coefficient (Wildman–Crippen LogP) is 3.02. The number of ether oxygens (including phenoxy) is 2. The maximum Gasteiger partial charge on any atom is 0.240 e. The van der Waals surface area contributed by atoms with Crippen LogP contribution < -0.4 is 15.2 Å². The number of hydrogen-bond acceptors (Lipinski definition) is 5. The summed E-state index contributed by atoms with van der Waals surface area (Å²) in [6.07, 6.45) is 3.48. The first-order valence-electron chi connectivity index (χ1n) is 6.61. The molecule has 20 heavy (non-hydrogen) atoms. The SMILES string of the molecule is CC(C)Oc1nc(Oc2cnn(C(C)C)c2)ccc1N. The molecule has 0 aliphatic rings. The van der Waals surface area contributed by atoms with E-state index in [1.165, 1.54) is 0 Å². The Kier molecular flexibility index (Phi) is 4.12. The van der Waals surface area contributed by atoms with Gasteiger partial charge in [-0.3, -0.25) is 4.68 Å². The second-order valence-corrected chi connectivity index (χ2v) is 5.06. The molecule has 0 fully saturated rings. The lowest BCUT2D eigenvalue weighted by Crippen LogP contribution is -2.09. The molecule has 6 heteroatoms. The van der Waals surface area contributed by atoms with E-state index in [0.29, 0.717) is 23.2 Å². The van der Waals surface area contributed by atoms with Gasteiger partial charge in [-0.15, -0.1) is 0 Å². The number of nitrogens with zero attached hydrogens (tertiary/aromatic N) is 3. The quantitative estimate of drug-likeness (QED) is 0.908. The lowest BCUT2D eigenvalue weighted by Gasteiger charge is -2.12. The van der Waals surface area contributed by atoms with Gasteiger partial charge in [0.05, 0.1) is 24.2 Å². The molecular weight excluding hydrogens is 256 g/mol. The topological polar surface area (TPSA) is 75.2 Å². The Hall–Kier alpha value is -2.24. The fourth-order valence-corrected chi connectivity index (χ4v) is 1.59. The molecule has 0 radical (unpaired) electrons. The van der Waals surface area contributed by atoms with E-state index in [1.54, 1.807) is 18.3 Å². The van der Waals surface area contributed by atoms with Gasteiger partial charge in [-0.2, -0.15) is 10.1 Å². The number of anilines is 1. The summed E-state index contributed by atoms with van der Waals surface area (Å²) < 4.78 is 13.0. The van der Waals surface area contributed by atoms with Crippen molar-refractivity contribution in [2.45, 2.75) is 39.8 Å². The summed E-state index contributed by atoms with van der Waals surface area (Å²) in [4.78, 5) is 4.26. The standard InChI is InChI=1S/C14H20N4O2/c1-9(2)18-8-11(7-16-18)20-13-6-5-12(15)14(17-13)19-10(3)4/h5-10H,15H2,1-4H3.